The highest BCUT2D eigenvalue weighted by Gasteiger charge is 2.31. The average molecular weight is 332 g/mol. The molecule has 3 aromatic rings. The minimum atomic E-state index is -0.271. The van der Waals surface area contributed by atoms with Gasteiger partial charge in [0.15, 0.2) is 0 Å². The Bertz CT molecular complexity index is 887. The summed E-state index contributed by atoms with van der Waals surface area (Å²) < 4.78 is 6.27. The lowest BCUT2D eigenvalue weighted by Crippen LogP contribution is -2.50. The fourth-order valence-electron chi connectivity index (χ4n) is 3.49. The number of nitrogens with one attached hydrogen (secondary N) is 2. The maximum atomic E-state index is 6.27. The number of ether oxygens (including phenoxy) is 1. The molecule has 3 nitrogen and oxygen atoms in total. The van der Waals surface area contributed by atoms with Crippen LogP contribution in [0.5, 0.6) is 5.75 Å². The molecule has 128 valence electrons. The molecule has 0 fully saturated rings. The quantitative estimate of drug-likeness (QED) is 0.723. The van der Waals surface area contributed by atoms with E-state index in [-0.39, 0.29) is 11.6 Å². The molecular weight excluding hydrogens is 308 g/mol. The topological polar surface area (TPSA) is 33.3 Å². The molecule has 0 saturated heterocycles. The van der Waals surface area contributed by atoms with Gasteiger partial charge >= 0.3 is 0 Å². The molecule has 0 aromatic heterocycles. The van der Waals surface area contributed by atoms with Gasteiger partial charge in [0.05, 0.1) is 12.2 Å². The van der Waals surface area contributed by atoms with E-state index >= 15 is 0 Å². The van der Waals surface area contributed by atoms with E-state index in [4.69, 9.17) is 4.74 Å². The number of rotatable bonds is 4. The van der Waals surface area contributed by atoms with Crippen molar-refractivity contribution in [2.75, 3.05) is 18.4 Å². The molecule has 2 N–H and O–H groups in total. The molecule has 2 atom stereocenters. The van der Waals surface area contributed by atoms with Crippen molar-refractivity contribution in [1.29, 1.82) is 0 Å². The monoisotopic (exact) mass is 332 g/mol. The number of fused-ring (bicyclic) bond motifs is 2. The van der Waals surface area contributed by atoms with Gasteiger partial charge in [-0.05, 0) is 42.3 Å². The first-order valence-electron chi connectivity index (χ1n) is 8.88. The summed E-state index contributed by atoms with van der Waals surface area (Å²) >= 11 is 0. The lowest BCUT2D eigenvalue weighted by atomic mass is 9.98. The third kappa shape index (κ3) is 3.20. The molecule has 0 bridgehead atoms. The molecule has 0 saturated carbocycles. The Morgan fingerprint density at radius 2 is 1.80 bits per heavy atom. The standard InChI is InChI=1S/C22H24N2O/c1-16(18-11-7-9-17-8-3-4-10-19(17)18)23-14-22(2)15-24-20-12-5-6-13-21(20)25-22/h3-13,16,23-24H,14-15H2,1-2H3/t16-,22?/m1/s1. The van der Waals surface area contributed by atoms with Crippen molar-refractivity contribution in [3.63, 3.8) is 0 Å². The number of anilines is 1. The second-order valence-corrected chi connectivity index (χ2v) is 7.07. The van der Waals surface area contributed by atoms with Crippen molar-refractivity contribution >= 4 is 16.5 Å². The average Bonchev–Trinajstić information content (AvgIpc) is 2.65. The first-order chi connectivity index (χ1) is 12.1. The molecule has 3 aromatic carbocycles. The maximum Gasteiger partial charge on any atom is 0.143 e. The van der Waals surface area contributed by atoms with Crippen molar-refractivity contribution < 1.29 is 4.74 Å². The maximum absolute atomic E-state index is 6.27. The summed E-state index contributed by atoms with van der Waals surface area (Å²) in [6.45, 7) is 5.94. The Kier molecular flexibility index (Phi) is 4.10. The van der Waals surface area contributed by atoms with E-state index in [0.29, 0.717) is 0 Å². The van der Waals surface area contributed by atoms with Gasteiger partial charge in [0, 0.05) is 12.6 Å². The summed E-state index contributed by atoms with van der Waals surface area (Å²) in [5.74, 6) is 0.927. The van der Waals surface area contributed by atoms with Crippen molar-refractivity contribution in [2.24, 2.45) is 0 Å². The second kappa shape index (κ2) is 6.41. The van der Waals surface area contributed by atoms with Crippen LogP contribution in [0.4, 0.5) is 5.69 Å². The van der Waals surface area contributed by atoms with Gasteiger partial charge in [-0.2, -0.15) is 0 Å². The van der Waals surface area contributed by atoms with Gasteiger partial charge in [-0.15, -0.1) is 0 Å². The Morgan fingerprint density at radius 1 is 1.04 bits per heavy atom. The van der Waals surface area contributed by atoms with Crippen LogP contribution in [0.15, 0.2) is 66.7 Å². The minimum Gasteiger partial charge on any atom is -0.482 e. The molecule has 1 aliphatic rings. The SMILES string of the molecule is C[C@@H](NCC1(C)CNc2ccccc2O1)c1cccc2ccccc12. The van der Waals surface area contributed by atoms with E-state index in [0.717, 1.165) is 24.5 Å². The first-order valence-corrected chi connectivity index (χ1v) is 8.88. The summed E-state index contributed by atoms with van der Waals surface area (Å²) in [5, 5.41) is 9.74. The Hall–Kier alpha value is -2.52. The van der Waals surface area contributed by atoms with Gasteiger partial charge in [-0.3, -0.25) is 0 Å². The number of benzene rings is 3. The first kappa shape index (κ1) is 16.0. The van der Waals surface area contributed by atoms with Crippen molar-refractivity contribution in [3.05, 3.63) is 72.3 Å². The number of hydrogen-bond acceptors (Lipinski definition) is 3. The van der Waals surface area contributed by atoms with Crippen LogP contribution in [0, 0.1) is 0 Å². The van der Waals surface area contributed by atoms with E-state index in [9.17, 15) is 0 Å². The van der Waals surface area contributed by atoms with Gasteiger partial charge in [0.1, 0.15) is 11.4 Å². The van der Waals surface area contributed by atoms with Crippen LogP contribution in [-0.4, -0.2) is 18.7 Å². The van der Waals surface area contributed by atoms with Crippen LogP contribution in [0.1, 0.15) is 25.5 Å². The molecule has 0 spiro atoms. The highest BCUT2D eigenvalue weighted by Crippen LogP contribution is 2.32. The van der Waals surface area contributed by atoms with Gasteiger partial charge in [0.2, 0.25) is 0 Å². The molecule has 0 aliphatic carbocycles. The largest absolute Gasteiger partial charge is 0.482 e. The predicted molar refractivity (Wildman–Crippen MR) is 104 cm³/mol. The normalized spacial score (nSPS) is 20.4. The second-order valence-electron chi connectivity index (χ2n) is 7.07. The van der Waals surface area contributed by atoms with Gasteiger partial charge < -0.3 is 15.4 Å². The van der Waals surface area contributed by atoms with Crippen LogP contribution >= 0.6 is 0 Å². The van der Waals surface area contributed by atoms with E-state index < -0.39 is 0 Å². The fourth-order valence-corrected chi connectivity index (χ4v) is 3.49. The van der Waals surface area contributed by atoms with Gasteiger partial charge in [0.25, 0.3) is 0 Å². The molecule has 1 heterocycles. The molecule has 1 unspecified atom stereocenters. The Labute approximate surface area is 149 Å². The van der Waals surface area contributed by atoms with Crippen molar-refractivity contribution in [2.45, 2.75) is 25.5 Å². The zero-order chi connectivity index (χ0) is 17.3. The number of para-hydroxylation sites is 2. The van der Waals surface area contributed by atoms with Crippen molar-refractivity contribution in [1.82, 2.24) is 5.32 Å². The Morgan fingerprint density at radius 3 is 2.72 bits per heavy atom. The zero-order valence-electron chi connectivity index (χ0n) is 14.8. The van der Waals surface area contributed by atoms with Crippen LogP contribution in [0.3, 0.4) is 0 Å². The summed E-state index contributed by atoms with van der Waals surface area (Å²) in [5.41, 5.74) is 2.13. The van der Waals surface area contributed by atoms with Gasteiger partial charge in [-0.1, -0.05) is 54.6 Å². The van der Waals surface area contributed by atoms with Crippen LogP contribution < -0.4 is 15.4 Å². The summed E-state index contributed by atoms with van der Waals surface area (Å²) in [6, 6.07) is 23.4. The summed E-state index contributed by atoms with van der Waals surface area (Å²) in [7, 11) is 0. The predicted octanol–water partition coefficient (Wildman–Crippen LogP) is 4.75. The van der Waals surface area contributed by atoms with E-state index in [1.54, 1.807) is 0 Å². The molecule has 0 amide bonds. The third-order valence-electron chi connectivity index (χ3n) is 4.97. The van der Waals surface area contributed by atoms with E-state index in [1.807, 2.05) is 18.2 Å². The fraction of sp³-hybridized carbons (Fsp3) is 0.273. The molecule has 3 heteroatoms. The molecular formula is C22H24N2O. The smallest absolute Gasteiger partial charge is 0.143 e. The van der Waals surface area contributed by atoms with E-state index in [1.165, 1.54) is 16.3 Å². The molecule has 0 radical (unpaired) electrons. The van der Waals surface area contributed by atoms with Crippen molar-refractivity contribution in [3.8, 4) is 5.75 Å². The molecule has 4 rings (SSSR count). The van der Waals surface area contributed by atoms with Gasteiger partial charge in [-0.25, -0.2) is 0 Å². The number of hydrogen-bond donors (Lipinski definition) is 2. The van der Waals surface area contributed by atoms with Crippen LogP contribution in [-0.2, 0) is 0 Å². The summed E-state index contributed by atoms with van der Waals surface area (Å²) in [4.78, 5) is 0. The van der Waals surface area contributed by atoms with Crippen LogP contribution in [0.25, 0.3) is 10.8 Å². The molecule has 1 aliphatic heterocycles. The third-order valence-corrected chi connectivity index (χ3v) is 4.97. The zero-order valence-corrected chi connectivity index (χ0v) is 14.8. The van der Waals surface area contributed by atoms with E-state index in [2.05, 4.69) is 73.0 Å². The molecule has 25 heavy (non-hydrogen) atoms. The van der Waals surface area contributed by atoms with Crippen LogP contribution in [0.2, 0.25) is 0 Å². The highest BCUT2D eigenvalue weighted by molar-refractivity contribution is 5.86. The summed E-state index contributed by atoms with van der Waals surface area (Å²) in [6.07, 6.45) is 0. The highest BCUT2D eigenvalue weighted by atomic mass is 16.5. The minimum absolute atomic E-state index is 0.253. The lowest BCUT2D eigenvalue weighted by molar-refractivity contribution is 0.0913. The lowest BCUT2D eigenvalue weighted by Gasteiger charge is -2.37. The Balaban J connectivity index is 1.49.